The van der Waals surface area contributed by atoms with Crippen LogP contribution in [0.5, 0.6) is 0 Å². The first-order valence-corrected chi connectivity index (χ1v) is 7.33. The van der Waals surface area contributed by atoms with Crippen LogP contribution < -0.4 is 0 Å². The van der Waals surface area contributed by atoms with E-state index in [1.807, 2.05) is 0 Å². The third-order valence-corrected chi connectivity index (χ3v) is 5.81. The van der Waals surface area contributed by atoms with Crippen LogP contribution in [0, 0.1) is 22.7 Å². The Morgan fingerprint density at radius 2 is 1.50 bits per heavy atom. The highest BCUT2D eigenvalue weighted by Crippen LogP contribution is 2.51. The van der Waals surface area contributed by atoms with Crippen molar-refractivity contribution in [3.8, 4) is 0 Å². The van der Waals surface area contributed by atoms with Crippen LogP contribution in [0.25, 0.3) is 0 Å². The average molecular weight is 224 g/mol. The van der Waals surface area contributed by atoms with Crippen molar-refractivity contribution < 1.29 is 0 Å². The molecule has 0 radical (unpaired) electrons. The Kier molecular flexibility index (Phi) is 4.49. The number of hydrogen-bond donors (Lipinski definition) is 0. The van der Waals surface area contributed by atoms with E-state index in [1.165, 1.54) is 38.5 Å². The molecule has 1 saturated carbocycles. The molecule has 0 amide bonds. The molecule has 0 heteroatoms. The van der Waals surface area contributed by atoms with E-state index in [-0.39, 0.29) is 0 Å². The first kappa shape index (κ1) is 14.1. The Labute approximate surface area is 103 Å². The zero-order chi connectivity index (χ0) is 12.4. The lowest BCUT2D eigenvalue weighted by Gasteiger charge is -2.50. The minimum absolute atomic E-state index is 0.429. The van der Waals surface area contributed by atoms with Gasteiger partial charge in [0, 0.05) is 0 Å². The summed E-state index contributed by atoms with van der Waals surface area (Å²) in [6.07, 6.45) is 8.69. The molecule has 2 unspecified atom stereocenters. The van der Waals surface area contributed by atoms with E-state index in [1.54, 1.807) is 0 Å². The molecular weight excluding hydrogens is 192 g/mol. The highest BCUT2D eigenvalue weighted by Gasteiger charge is 2.43. The Morgan fingerprint density at radius 1 is 1.00 bits per heavy atom. The Morgan fingerprint density at radius 3 is 1.88 bits per heavy atom. The fourth-order valence-corrected chi connectivity index (χ4v) is 3.69. The van der Waals surface area contributed by atoms with Gasteiger partial charge in [-0.25, -0.2) is 0 Å². The van der Waals surface area contributed by atoms with Crippen molar-refractivity contribution in [2.75, 3.05) is 0 Å². The molecular formula is C16H32. The van der Waals surface area contributed by atoms with E-state index < -0.39 is 0 Å². The normalized spacial score (nSPS) is 25.1. The van der Waals surface area contributed by atoms with Gasteiger partial charge in [0.1, 0.15) is 0 Å². The van der Waals surface area contributed by atoms with Crippen molar-refractivity contribution in [1.29, 1.82) is 0 Å². The van der Waals surface area contributed by atoms with E-state index in [2.05, 4.69) is 41.5 Å². The molecule has 0 bridgehead atoms. The van der Waals surface area contributed by atoms with Crippen molar-refractivity contribution in [1.82, 2.24) is 0 Å². The molecule has 0 aromatic heterocycles. The second-order valence-electron chi connectivity index (χ2n) is 7.21. The quantitative estimate of drug-likeness (QED) is 0.580. The van der Waals surface area contributed by atoms with Gasteiger partial charge in [0.25, 0.3) is 0 Å². The molecule has 1 fully saturated rings. The summed E-state index contributed by atoms with van der Waals surface area (Å²) in [5.41, 5.74) is 0.924. The molecule has 1 aliphatic rings. The minimum atomic E-state index is 0.429. The number of rotatable bonds is 3. The summed E-state index contributed by atoms with van der Waals surface area (Å²) < 4.78 is 0. The molecule has 0 heterocycles. The molecule has 0 aliphatic heterocycles. The Bertz CT molecular complexity index is 205. The third-order valence-electron chi connectivity index (χ3n) is 5.81. The lowest BCUT2D eigenvalue weighted by molar-refractivity contribution is -0.00222. The number of hydrogen-bond acceptors (Lipinski definition) is 0. The van der Waals surface area contributed by atoms with Gasteiger partial charge in [0.2, 0.25) is 0 Å². The van der Waals surface area contributed by atoms with Crippen LogP contribution in [0.4, 0.5) is 0 Å². The monoisotopic (exact) mass is 224 g/mol. The fourth-order valence-electron chi connectivity index (χ4n) is 3.69. The summed E-state index contributed by atoms with van der Waals surface area (Å²) in [5, 5.41) is 0. The summed E-state index contributed by atoms with van der Waals surface area (Å²) >= 11 is 0. The predicted octanol–water partition coefficient (Wildman–Crippen LogP) is 5.67. The van der Waals surface area contributed by atoms with Crippen molar-refractivity contribution >= 4 is 0 Å². The maximum Gasteiger partial charge on any atom is -0.0252 e. The molecule has 0 N–H and O–H groups in total. The van der Waals surface area contributed by atoms with Gasteiger partial charge in [0.05, 0.1) is 0 Å². The van der Waals surface area contributed by atoms with Crippen molar-refractivity contribution in [2.45, 2.75) is 80.1 Å². The van der Waals surface area contributed by atoms with E-state index >= 15 is 0 Å². The summed E-state index contributed by atoms with van der Waals surface area (Å²) in [6, 6.07) is 0. The minimum Gasteiger partial charge on any atom is -0.0648 e. The van der Waals surface area contributed by atoms with Gasteiger partial charge in [-0.05, 0) is 29.1 Å². The molecule has 96 valence electrons. The summed E-state index contributed by atoms with van der Waals surface area (Å²) in [7, 11) is 0. The zero-order valence-electron chi connectivity index (χ0n) is 12.4. The summed E-state index contributed by atoms with van der Waals surface area (Å²) in [5.74, 6) is 1.86. The maximum atomic E-state index is 2.52. The van der Waals surface area contributed by atoms with Gasteiger partial charge >= 0.3 is 0 Å². The van der Waals surface area contributed by atoms with Crippen molar-refractivity contribution in [3.05, 3.63) is 0 Å². The first-order valence-electron chi connectivity index (χ1n) is 7.33. The van der Waals surface area contributed by atoms with Crippen LogP contribution in [0.1, 0.15) is 80.1 Å². The van der Waals surface area contributed by atoms with Crippen LogP contribution in [0.15, 0.2) is 0 Å². The second-order valence-corrected chi connectivity index (χ2v) is 7.21. The Balaban J connectivity index is 2.78. The maximum absolute atomic E-state index is 2.52. The van der Waals surface area contributed by atoms with Crippen LogP contribution >= 0.6 is 0 Å². The van der Waals surface area contributed by atoms with Gasteiger partial charge in [0.15, 0.2) is 0 Å². The standard InChI is InChI=1S/C16H32/c1-7-16(6,15(3,4)5)13(2)14-11-9-8-10-12-14/h13-14H,7-12H2,1-6H3. The SMILES string of the molecule is CCC(C)(C(C)C1CCCCC1)C(C)(C)C. The molecule has 0 spiro atoms. The van der Waals surface area contributed by atoms with Crippen LogP contribution in [0.2, 0.25) is 0 Å². The Hall–Kier alpha value is 0. The lowest BCUT2D eigenvalue weighted by atomic mass is 9.55. The molecule has 0 aromatic carbocycles. The molecule has 0 nitrogen and oxygen atoms in total. The van der Waals surface area contributed by atoms with E-state index in [4.69, 9.17) is 0 Å². The van der Waals surface area contributed by atoms with Crippen LogP contribution in [-0.2, 0) is 0 Å². The molecule has 0 aromatic rings. The van der Waals surface area contributed by atoms with Gasteiger partial charge in [-0.3, -0.25) is 0 Å². The molecule has 1 aliphatic carbocycles. The van der Waals surface area contributed by atoms with Gasteiger partial charge in [-0.2, -0.15) is 0 Å². The average Bonchev–Trinajstić information content (AvgIpc) is 2.26. The zero-order valence-corrected chi connectivity index (χ0v) is 12.4. The van der Waals surface area contributed by atoms with Gasteiger partial charge in [-0.15, -0.1) is 0 Å². The highest BCUT2D eigenvalue weighted by atomic mass is 14.5. The molecule has 16 heavy (non-hydrogen) atoms. The van der Waals surface area contributed by atoms with Gasteiger partial charge < -0.3 is 0 Å². The van der Waals surface area contributed by atoms with Crippen LogP contribution in [-0.4, -0.2) is 0 Å². The lowest BCUT2D eigenvalue weighted by Crippen LogP contribution is -2.41. The highest BCUT2D eigenvalue weighted by molar-refractivity contribution is 4.92. The largest absolute Gasteiger partial charge is 0.0648 e. The topological polar surface area (TPSA) is 0 Å². The van der Waals surface area contributed by atoms with E-state index in [0.29, 0.717) is 10.8 Å². The molecule has 2 atom stereocenters. The van der Waals surface area contributed by atoms with Crippen molar-refractivity contribution in [2.24, 2.45) is 22.7 Å². The molecule has 1 rings (SSSR count). The molecule has 0 saturated heterocycles. The first-order chi connectivity index (χ1) is 7.33. The van der Waals surface area contributed by atoms with E-state index in [9.17, 15) is 0 Å². The summed E-state index contributed by atoms with van der Waals surface area (Å²) in [4.78, 5) is 0. The predicted molar refractivity (Wildman–Crippen MR) is 73.6 cm³/mol. The van der Waals surface area contributed by atoms with Gasteiger partial charge in [-0.1, -0.05) is 73.6 Å². The smallest absolute Gasteiger partial charge is 0.0252 e. The van der Waals surface area contributed by atoms with Crippen LogP contribution in [0.3, 0.4) is 0 Å². The third kappa shape index (κ3) is 2.63. The fraction of sp³-hybridized carbons (Fsp3) is 1.00. The second kappa shape index (κ2) is 5.10. The van der Waals surface area contributed by atoms with E-state index in [0.717, 1.165) is 11.8 Å². The van der Waals surface area contributed by atoms with Crippen molar-refractivity contribution in [3.63, 3.8) is 0 Å². The summed E-state index contributed by atoms with van der Waals surface area (Å²) in [6.45, 7) is 14.7.